The van der Waals surface area contributed by atoms with Crippen molar-refractivity contribution in [2.24, 2.45) is 0 Å². The van der Waals surface area contributed by atoms with Gasteiger partial charge in [-0.15, -0.1) is 0 Å². The fourth-order valence-corrected chi connectivity index (χ4v) is 4.56. The molecule has 2 aromatic rings. The quantitative estimate of drug-likeness (QED) is 0.504. The van der Waals surface area contributed by atoms with E-state index >= 15 is 0 Å². The van der Waals surface area contributed by atoms with Crippen molar-refractivity contribution in [2.75, 3.05) is 6.61 Å². The highest BCUT2D eigenvalue weighted by atomic mass is 35.5. The van der Waals surface area contributed by atoms with Crippen molar-refractivity contribution < 1.29 is 14.3 Å². The molecule has 0 heterocycles. The van der Waals surface area contributed by atoms with E-state index in [0.717, 1.165) is 42.4 Å². The minimum Gasteiger partial charge on any atom is -0.483 e. The number of nitrogens with one attached hydrogen (secondary N) is 1. The molecule has 1 unspecified atom stereocenters. The zero-order valence-corrected chi connectivity index (χ0v) is 21.0. The van der Waals surface area contributed by atoms with Gasteiger partial charge in [0.2, 0.25) is 5.91 Å². The Morgan fingerprint density at radius 1 is 1.12 bits per heavy atom. The Balaban J connectivity index is 1.76. The molecule has 0 saturated heterocycles. The number of hydrogen-bond acceptors (Lipinski definition) is 3. The number of amides is 2. The summed E-state index contributed by atoms with van der Waals surface area (Å²) in [5.74, 6) is 0.215. The first-order valence-electron chi connectivity index (χ1n) is 11.5. The average Bonchev–Trinajstić information content (AvgIpc) is 2.79. The normalized spacial score (nSPS) is 15.1. The van der Waals surface area contributed by atoms with Crippen molar-refractivity contribution >= 4 is 35.0 Å². The van der Waals surface area contributed by atoms with Gasteiger partial charge in [-0.3, -0.25) is 9.59 Å². The Bertz CT molecular complexity index is 989. The molecule has 0 radical (unpaired) electrons. The molecule has 1 atom stereocenters. The molecule has 1 aliphatic rings. The van der Waals surface area contributed by atoms with E-state index in [9.17, 15) is 9.59 Å². The van der Waals surface area contributed by atoms with Crippen molar-refractivity contribution in [2.45, 2.75) is 71.5 Å². The summed E-state index contributed by atoms with van der Waals surface area (Å²) in [6.07, 6.45) is 5.39. The predicted molar refractivity (Wildman–Crippen MR) is 133 cm³/mol. The van der Waals surface area contributed by atoms with E-state index < -0.39 is 6.04 Å². The molecule has 0 aliphatic heterocycles. The van der Waals surface area contributed by atoms with Crippen LogP contribution in [0.1, 0.15) is 55.7 Å². The minimum atomic E-state index is -0.673. The SMILES string of the molecule is Cc1cccc(OCC(=O)N(Cc2ccc(Cl)cc2Cl)C(C)C(=O)NC2CCCCC2)c1C. The first-order valence-corrected chi connectivity index (χ1v) is 12.2. The summed E-state index contributed by atoms with van der Waals surface area (Å²) in [7, 11) is 0. The molecule has 0 aromatic heterocycles. The molecule has 1 N–H and O–H groups in total. The largest absolute Gasteiger partial charge is 0.483 e. The zero-order chi connectivity index (χ0) is 24.0. The molecular formula is C26H32Cl2N2O3. The highest BCUT2D eigenvalue weighted by Crippen LogP contribution is 2.25. The summed E-state index contributed by atoms with van der Waals surface area (Å²) in [4.78, 5) is 27.9. The van der Waals surface area contributed by atoms with E-state index in [1.807, 2.05) is 32.0 Å². The smallest absolute Gasteiger partial charge is 0.261 e. The van der Waals surface area contributed by atoms with Crippen LogP contribution in [-0.2, 0) is 16.1 Å². The monoisotopic (exact) mass is 490 g/mol. The molecule has 178 valence electrons. The third-order valence-electron chi connectivity index (χ3n) is 6.38. The second-order valence-corrected chi connectivity index (χ2v) is 9.61. The fourth-order valence-electron chi connectivity index (χ4n) is 4.09. The number of ether oxygens (including phenoxy) is 1. The van der Waals surface area contributed by atoms with Gasteiger partial charge in [-0.2, -0.15) is 0 Å². The molecular weight excluding hydrogens is 459 g/mol. The molecule has 0 bridgehead atoms. The lowest BCUT2D eigenvalue weighted by Gasteiger charge is -2.31. The second-order valence-electron chi connectivity index (χ2n) is 8.76. The van der Waals surface area contributed by atoms with E-state index in [4.69, 9.17) is 27.9 Å². The van der Waals surface area contributed by atoms with Gasteiger partial charge in [0, 0.05) is 22.6 Å². The van der Waals surface area contributed by atoms with E-state index in [1.165, 1.54) is 11.3 Å². The van der Waals surface area contributed by atoms with E-state index in [1.54, 1.807) is 25.1 Å². The Labute approximate surface area is 206 Å². The topological polar surface area (TPSA) is 58.6 Å². The highest BCUT2D eigenvalue weighted by molar-refractivity contribution is 6.35. The lowest BCUT2D eigenvalue weighted by atomic mass is 9.95. The fraction of sp³-hybridized carbons (Fsp3) is 0.462. The summed E-state index contributed by atoms with van der Waals surface area (Å²) < 4.78 is 5.85. The summed E-state index contributed by atoms with van der Waals surface area (Å²) in [6, 6.07) is 10.4. The van der Waals surface area contributed by atoms with Gasteiger partial charge in [0.05, 0.1) is 0 Å². The summed E-state index contributed by atoms with van der Waals surface area (Å²) in [5.41, 5.74) is 2.80. The molecule has 3 rings (SSSR count). The minimum absolute atomic E-state index is 0.160. The van der Waals surface area contributed by atoms with Crippen molar-refractivity contribution in [3.63, 3.8) is 0 Å². The maximum atomic E-state index is 13.3. The second kappa shape index (κ2) is 11.8. The van der Waals surface area contributed by atoms with E-state index in [2.05, 4.69) is 5.32 Å². The van der Waals surface area contributed by atoms with Crippen LogP contribution in [0, 0.1) is 13.8 Å². The molecule has 33 heavy (non-hydrogen) atoms. The number of hydrogen-bond donors (Lipinski definition) is 1. The van der Waals surface area contributed by atoms with Crippen molar-refractivity contribution in [1.29, 1.82) is 0 Å². The number of halogens is 2. The maximum Gasteiger partial charge on any atom is 0.261 e. The van der Waals surface area contributed by atoms with Crippen LogP contribution in [0.25, 0.3) is 0 Å². The van der Waals surface area contributed by atoms with Gasteiger partial charge in [0.1, 0.15) is 11.8 Å². The van der Waals surface area contributed by atoms with Crippen LogP contribution in [0.5, 0.6) is 5.75 Å². The number of benzene rings is 2. The molecule has 1 aliphatic carbocycles. The van der Waals surface area contributed by atoms with E-state index in [-0.39, 0.29) is 31.0 Å². The molecule has 1 fully saturated rings. The predicted octanol–water partition coefficient (Wildman–Crippen LogP) is 5.86. The van der Waals surface area contributed by atoms with Crippen LogP contribution in [-0.4, -0.2) is 35.4 Å². The molecule has 0 spiro atoms. The van der Waals surface area contributed by atoms with Crippen LogP contribution in [0.2, 0.25) is 10.0 Å². The van der Waals surface area contributed by atoms with Crippen molar-refractivity contribution in [3.05, 3.63) is 63.1 Å². The van der Waals surface area contributed by atoms with Crippen LogP contribution in [0.15, 0.2) is 36.4 Å². The van der Waals surface area contributed by atoms with Crippen LogP contribution >= 0.6 is 23.2 Å². The molecule has 5 nitrogen and oxygen atoms in total. The van der Waals surface area contributed by atoms with Gasteiger partial charge in [0.25, 0.3) is 5.91 Å². The number of carbonyl (C=O) groups excluding carboxylic acids is 2. The maximum absolute atomic E-state index is 13.3. The van der Waals surface area contributed by atoms with Gasteiger partial charge >= 0.3 is 0 Å². The third kappa shape index (κ3) is 6.87. The number of rotatable bonds is 8. The van der Waals surface area contributed by atoms with Gasteiger partial charge in [-0.1, -0.05) is 60.7 Å². The average molecular weight is 491 g/mol. The number of aryl methyl sites for hydroxylation is 1. The van der Waals surface area contributed by atoms with Gasteiger partial charge < -0.3 is 15.0 Å². The van der Waals surface area contributed by atoms with Gasteiger partial charge in [-0.05, 0) is 68.5 Å². The summed E-state index contributed by atoms with van der Waals surface area (Å²) in [6.45, 7) is 5.72. The lowest BCUT2D eigenvalue weighted by Crippen LogP contribution is -2.51. The standard InChI is InChI=1S/C26H32Cl2N2O3/c1-17-8-7-11-24(18(17)2)33-16-25(31)30(15-20-12-13-21(27)14-23(20)28)19(3)26(32)29-22-9-5-4-6-10-22/h7-8,11-14,19,22H,4-6,9-10,15-16H2,1-3H3,(H,29,32). The number of carbonyl (C=O) groups is 2. The first-order chi connectivity index (χ1) is 15.8. The molecule has 1 saturated carbocycles. The van der Waals surface area contributed by atoms with E-state index in [0.29, 0.717) is 15.8 Å². The third-order valence-corrected chi connectivity index (χ3v) is 6.97. The van der Waals surface area contributed by atoms with Crippen LogP contribution in [0.3, 0.4) is 0 Å². The highest BCUT2D eigenvalue weighted by Gasteiger charge is 2.29. The zero-order valence-electron chi connectivity index (χ0n) is 19.5. The molecule has 2 aromatic carbocycles. The summed E-state index contributed by atoms with van der Waals surface area (Å²) >= 11 is 12.4. The molecule has 2 amide bonds. The van der Waals surface area contributed by atoms with Crippen molar-refractivity contribution in [3.8, 4) is 5.75 Å². The van der Waals surface area contributed by atoms with Gasteiger partial charge in [-0.25, -0.2) is 0 Å². The molecule has 7 heteroatoms. The first kappa shape index (κ1) is 25.4. The Kier molecular flexibility index (Phi) is 9.04. The van der Waals surface area contributed by atoms with Crippen LogP contribution < -0.4 is 10.1 Å². The lowest BCUT2D eigenvalue weighted by molar-refractivity contribution is -0.142. The Morgan fingerprint density at radius 2 is 1.85 bits per heavy atom. The van der Waals surface area contributed by atoms with Gasteiger partial charge in [0.15, 0.2) is 6.61 Å². The Hall–Kier alpha value is -2.24. The summed E-state index contributed by atoms with van der Waals surface area (Å²) in [5, 5.41) is 4.10. The van der Waals surface area contributed by atoms with Crippen molar-refractivity contribution in [1.82, 2.24) is 10.2 Å². The number of nitrogens with zero attached hydrogens (tertiary/aromatic N) is 1. The Morgan fingerprint density at radius 3 is 2.55 bits per heavy atom. The van der Waals surface area contributed by atoms with Crippen LogP contribution in [0.4, 0.5) is 0 Å².